The molecule has 0 spiro atoms. The first kappa shape index (κ1) is 18.1. The highest BCUT2D eigenvalue weighted by molar-refractivity contribution is 6.04. The van der Waals surface area contributed by atoms with Crippen molar-refractivity contribution in [2.24, 2.45) is 0 Å². The van der Waals surface area contributed by atoms with Crippen LogP contribution in [-0.4, -0.2) is 38.3 Å². The summed E-state index contributed by atoms with van der Waals surface area (Å²) in [5, 5.41) is 17.4. The number of hydrogen-bond donors (Lipinski definition) is 3. The van der Waals surface area contributed by atoms with Crippen molar-refractivity contribution in [1.29, 1.82) is 5.41 Å². The summed E-state index contributed by atoms with van der Waals surface area (Å²) >= 11 is 0. The van der Waals surface area contributed by atoms with E-state index in [0.717, 1.165) is 12.8 Å². The third-order valence-electron chi connectivity index (χ3n) is 5.72. The molecule has 3 heterocycles. The van der Waals surface area contributed by atoms with Crippen LogP contribution in [0.5, 0.6) is 0 Å². The fourth-order valence-electron chi connectivity index (χ4n) is 3.96. The third kappa shape index (κ3) is 2.97. The molecule has 10 heteroatoms. The lowest BCUT2D eigenvalue weighted by Crippen LogP contribution is -2.45. The SMILES string of the molecule is N=C1C(Nc2nc(-c3cnn(C4CC4)c3)c3c(c2F)CNC3=O)CCCC1(F)F. The Morgan fingerprint density at radius 3 is 2.86 bits per heavy atom. The molecule has 5 rings (SSSR count). The van der Waals surface area contributed by atoms with E-state index >= 15 is 4.39 Å². The second-order valence-electron chi connectivity index (χ2n) is 7.81. The zero-order valence-corrected chi connectivity index (χ0v) is 15.4. The average Bonchev–Trinajstić information content (AvgIpc) is 3.28. The molecule has 152 valence electrons. The quantitative estimate of drug-likeness (QED) is 0.729. The number of carbonyl (C=O) groups excluding carboxylic acids is 1. The lowest BCUT2D eigenvalue weighted by atomic mass is 9.90. The lowest BCUT2D eigenvalue weighted by molar-refractivity contribution is 0.0525. The Kier molecular flexibility index (Phi) is 3.94. The molecule has 0 bridgehead atoms. The van der Waals surface area contributed by atoms with Crippen LogP contribution < -0.4 is 10.6 Å². The molecule has 2 aromatic rings. The number of aromatic nitrogens is 3. The molecule has 1 unspecified atom stereocenters. The van der Waals surface area contributed by atoms with Crippen LogP contribution in [0.1, 0.15) is 54.1 Å². The van der Waals surface area contributed by atoms with Crippen LogP contribution in [0.3, 0.4) is 0 Å². The number of rotatable bonds is 4. The normalized spacial score (nSPS) is 23.1. The Morgan fingerprint density at radius 1 is 1.31 bits per heavy atom. The summed E-state index contributed by atoms with van der Waals surface area (Å²) in [6.07, 6.45) is 5.53. The van der Waals surface area contributed by atoms with Crippen molar-refractivity contribution in [1.82, 2.24) is 20.1 Å². The fourth-order valence-corrected chi connectivity index (χ4v) is 3.96. The van der Waals surface area contributed by atoms with Crippen molar-refractivity contribution >= 4 is 17.4 Å². The van der Waals surface area contributed by atoms with Crippen LogP contribution >= 0.6 is 0 Å². The second-order valence-corrected chi connectivity index (χ2v) is 7.81. The number of carbonyl (C=O) groups is 1. The molecule has 3 aliphatic rings. The maximum Gasteiger partial charge on any atom is 0.287 e. The molecule has 0 radical (unpaired) electrons. The molecule has 2 fully saturated rings. The van der Waals surface area contributed by atoms with Gasteiger partial charge in [0.05, 0.1) is 29.5 Å². The second kappa shape index (κ2) is 6.30. The van der Waals surface area contributed by atoms with E-state index in [4.69, 9.17) is 5.41 Å². The van der Waals surface area contributed by atoms with Gasteiger partial charge in [-0.25, -0.2) is 9.37 Å². The van der Waals surface area contributed by atoms with Crippen molar-refractivity contribution < 1.29 is 18.0 Å². The van der Waals surface area contributed by atoms with E-state index in [2.05, 4.69) is 20.7 Å². The van der Waals surface area contributed by atoms with Gasteiger partial charge in [-0.3, -0.25) is 9.48 Å². The minimum absolute atomic E-state index is 0.000759. The highest BCUT2D eigenvalue weighted by Gasteiger charge is 2.43. The van der Waals surface area contributed by atoms with Crippen LogP contribution in [-0.2, 0) is 6.54 Å². The summed E-state index contributed by atoms with van der Waals surface area (Å²) in [6.45, 7) is -0.000759. The summed E-state index contributed by atoms with van der Waals surface area (Å²) in [5.74, 6) is -4.61. The number of amides is 1. The number of pyridine rings is 1. The first-order valence-electron chi connectivity index (χ1n) is 9.63. The average molecular weight is 404 g/mol. The highest BCUT2D eigenvalue weighted by Crippen LogP contribution is 2.38. The van der Waals surface area contributed by atoms with E-state index in [0.29, 0.717) is 18.0 Å². The summed E-state index contributed by atoms with van der Waals surface area (Å²) in [5.41, 5.74) is 0.364. The van der Waals surface area contributed by atoms with Gasteiger partial charge in [0.15, 0.2) is 11.6 Å². The molecule has 7 nitrogen and oxygen atoms in total. The molecule has 2 aliphatic carbocycles. The van der Waals surface area contributed by atoms with Crippen LogP contribution in [0.15, 0.2) is 12.4 Å². The van der Waals surface area contributed by atoms with Gasteiger partial charge in [-0.05, 0) is 25.7 Å². The van der Waals surface area contributed by atoms with E-state index in [1.165, 1.54) is 0 Å². The minimum Gasteiger partial charge on any atom is -0.359 e. The van der Waals surface area contributed by atoms with E-state index in [9.17, 15) is 13.6 Å². The van der Waals surface area contributed by atoms with Crippen molar-refractivity contribution in [3.05, 3.63) is 29.3 Å². The predicted molar refractivity (Wildman–Crippen MR) is 98.8 cm³/mol. The molecule has 29 heavy (non-hydrogen) atoms. The Hall–Kier alpha value is -2.91. The van der Waals surface area contributed by atoms with Crippen molar-refractivity contribution in [3.63, 3.8) is 0 Å². The summed E-state index contributed by atoms with van der Waals surface area (Å²) in [7, 11) is 0. The molecule has 2 saturated carbocycles. The third-order valence-corrected chi connectivity index (χ3v) is 5.72. The largest absolute Gasteiger partial charge is 0.359 e. The Balaban J connectivity index is 1.56. The topological polar surface area (TPSA) is 95.7 Å². The number of fused-ring (bicyclic) bond motifs is 1. The first-order chi connectivity index (χ1) is 13.8. The Morgan fingerprint density at radius 2 is 2.10 bits per heavy atom. The van der Waals surface area contributed by atoms with E-state index in [1.54, 1.807) is 17.1 Å². The number of halogens is 3. The van der Waals surface area contributed by atoms with Crippen LogP contribution in [0.2, 0.25) is 0 Å². The molecular weight excluding hydrogens is 385 g/mol. The number of anilines is 1. The maximum atomic E-state index is 15.1. The van der Waals surface area contributed by atoms with Crippen molar-refractivity contribution in [3.8, 4) is 11.3 Å². The molecule has 1 amide bonds. The molecule has 1 atom stereocenters. The summed E-state index contributed by atoms with van der Waals surface area (Å²) in [6, 6.07) is -0.681. The number of nitrogens with zero attached hydrogens (tertiary/aromatic N) is 3. The fraction of sp³-hybridized carbons (Fsp3) is 0.474. The van der Waals surface area contributed by atoms with Gasteiger partial charge in [-0.1, -0.05) is 0 Å². The summed E-state index contributed by atoms with van der Waals surface area (Å²) in [4.78, 5) is 16.6. The molecule has 2 aromatic heterocycles. The molecular formula is C19H19F3N6O. The zero-order valence-electron chi connectivity index (χ0n) is 15.4. The van der Waals surface area contributed by atoms with E-state index in [-0.39, 0.29) is 42.0 Å². The van der Waals surface area contributed by atoms with E-state index in [1.807, 2.05) is 0 Å². The molecule has 0 saturated heterocycles. The summed E-state index contributed by atoms with van der Waals surface area (Å²) < 4.78 is 44.7. The van der Waals surface area contributed by atoms with Gasteiger partial charge < -0.3 is 16.0 Å². The monoisotopic (exact) mass is 404 g/mol. The van der Waals surface area contributed by atoms with Gasteiger partial charge in [-0.15, -0.1) is 0 Å². The Labute approximate surface area is 164 Å². The van der Waals surface area contributed by atoms with Crippen molar-refractivity contribution in [2.45, 2.75) is 56.7 Å². The molecule has 1 aliphatic heterocycles. The highest BCUT2D eigenvalue weighted by atomic mass is 19.3. The van der Waals surface area contributed by atoms with Gasteiger partial charge in [0.1, 0.15) is 5.71 Å². The van der Waals surface area contributed by atoms with Crippen LogP contribution in [0, 0.1) is 11.2 Å². The molecule has 0 aromatic carbocycles. The van der Waals surface area contributed by atoms with Crippen LogP contribution in [0.25, 0.3) is 11.3 Å². The van der Waals surface area contributed by atoms with Crippen LogP contribution in [0.4, 0.5) is 19.0 Å². The lowest BCUT2D eigenvalue weighted by Gasteiger charge is -2.31. The van der Waals surface area contributed by atoms with E-state index < -0.39 is 29.4 Å². The standard InChI is InChI=1S/C19H19F3N6O/c20-14-11-7-24-18(29)13(11)15(9-6-25-28(8-9)10-3-4-10)27-17(14)26-12-2-1-5-19(21,22)16(12)23/h6,8,10,12,23H,1-5,7H2,(H,24,29)(H,26,27). The zero-order chi connectivity index (χ0) is 20.3. The number of hydrogen-bond acceptors (Lipinski definition) is 5. The number of nitrogens with one attached hydrogen (secondary N) is 3. The number of alkyl halides is 2. The van der Waals surface area contributed by atoms with Gasteiger partial charge in [-0.2, -0.15) is 13.9 Å². The molecule has 3 N–H and O–H groups in total. The Bertz CT molecular complexity index is 1030. The van der Waals surface area contributed by atoms with Gasteiger partial charge in [0, 0.05) is 30.3 Å². The van der Waals surface area contributed by atoms with Gasteiger partial charge in [0.2, 0.25) is 0 Å². The van der Waals surface area contributed by atoms with Crippen molar-refractivity contribution in [2.75, 3.05) is 5.32 Å². The van der Waals surface area contributed by atoms with Gasteiger partial charge in [0.25, 0.3) is 11.8 Å². The maximum absolute atomic E-state index is 15.1. The smallest absolute Gasteiger partial charge is 0.287 e. The first-order valence-corrected chi connectivity index (χ1v) is 9.63. The predicted octanol–water partition coefficient (Wildman–Crippen LogP) is 3.28. The van der Waals surface area contributed by atoms with Gasteiger partial charge >= 0.3 is 0 Å². The minimum atomic E-state index is -3.21.